The molecule has 1 aromatic rings. The number of hydrogen-bond acceptors (Lipinski definition) is 3. The summed E-state index contributed by atoms with van der Waals surface area (Å²) in [5, 5.41) is 0. The molecule has 1 rings (SSSR count). The van der Waals surface area contributed by atoms with E-state index in [-0.39, 0.29) is 12.6 Å². The molecule has 1 aromatic carbocycles. The lowest BCUT2D eigenvalue weighted by Crippen LogP contribution is -2.14. The first-order valence-electron chi connectivity index (χ1n) is 4.47. The van der Waals surface area contributed by atoms with Crippen LogP contribution in [0.2, 0.25) is 0 Å². The SMILES string of the molecule is CCOC(=O)COc1c(Br)cc(Br)cc1Br. The second kappa shape index (κ2) is 6.61. The highest BCUT2D eigenvalue weighted by Gasteiger charge is 2.10. The van der Waals surface area contributed by atoms with Crippen molar-refractivity contribution in [3.05, 3.63) is 25.6 Å². The van der Waals surface area contributed by atoms with Gasteiger partial charge in [-0.15, -0.1) is 0 Å². The molecule has 0 aliphatic rings. The summed E-state index contributed by atoms with van der Waals surface area (Å²) in [6.45, 7) is 2.00. The largest absolute Gasteiger partial charge is 0.480 e. The van der Waals surface area contributed by atoms with Crippen molar-refractivity contribution >= 4 is 53.8 Å². The molecule has 3 nitrogen and oxygen atoms in total. The lowest BCUT2D eigenvalue weighted by Gasteiger charge is -2.10. The molecule has 0 aromatic heterocycles. The second-order valence-electron chi connectivity index (χ2n) is 2.79. The molecule has 0 spiro atoms. The van der Waals surface area contributed by atoms with E-state index in [1.807, 2.05) is 12.1 Å². The summed E-state index contributed by atoms with van der Waals surface area (Å²) in [5.41, 5.74) is 0. The van der Waals surface area contributed by atoms with Crippen molar-refractivity contribution in [3.8, 4) is 5.75 Å². The number of benzene rings is 1. The summed E-state index contributed by atoms with van der Waals surface area (Å²) in [7, 11) is 0. The van der Waals surface area contributed by atoms with Crippen LogP contribution in [0.5, 0.6) is 5.75 Å². The minimum Gasteiger partial charge on any atom is -0.480 e. The molecule has 0 unspecified atom stereocenters. The Morgan fingerprint density at radius 3 is 2.31 bits per heavy atom. The minimum atomic E-state index is -0.385. The van der Waals surface area contributed by atoms with E-state index in [1.165, 1.54) is 0 Å². The van der Waals surface area contributed by atoms with Gasteiger partial charge < -0.3 is 9.47 Å². The fraction of sp³-hybridized carbons (Fsp3) is 0.300. The normalized spacial score (nSPS) is 10.0. The van der Waals surface area contributed by atoms with E-state index in [9.17, 15) is 4.79 Å². The molecule has 6 heteroatoms. The van der Waals surface area contributed by atoms with Crippen LogP contribution in [0, 0.1) is 0 Å². The minimum absolute atomic E-state index is 0.104. The molecule has 0 radical (unpaired) electrons. The van der Waals surface area contributed by atoms with E-state index in [0.29, 0.717) is 12.4 Å². The quantitative estimate of drug-likeness (QED) is 0.698. The fourth-order valence-electron chi connectivity index (χ4n) is 1.00. The maximum absolute atomic E-state index is 11.1. The van der Waals surface area contributed by atoms with E-state index in [4.69, 9.17) is 9.47 Å². The Balaban J connectivity index is 2.70. The Labute approximate surface area is 119 Å². The van der Waals surface area contributed by atoms with E-state index in [0.717, 1.165) is 13.4 Å². The summed E-state index contributed by atoms with van der Waals surface area (Å²) in [6, 6.07) is 3.68. The van der Waals surface area contributed by atoms with Crippen molar-refractivity contribution in [1.82, 2.24) is 0 Å². The zero-order valence-corrected chi connectivity index (χ0v) is 13.2. The molecule has 0 aliphatic heterocycles. The first-order valence-corrected chi connectivity index (χ1v) is 6.85. The summed E-state index contributed by atoms with van der Waals surface area (Å²) in [6.07, 6.45) is 0. The Morgan fingerprint density at radius 1 is 1.25 bits per heavy atom. The van der Waals surface area contributed by atoms with Crippen molar-refractivity contribution in [2.45, 2.75) is 6.92 Å². The first-order chi connectivity index (χ1) is 7.54. The van der Waals surface area contributed by atoms with Crippen LogP contribution in [-0.2, 0) is 9.53 Å². The summed E-state index contributed by atoms with van der Waals surface area (Å²) in [5.74, 6) is 0.195. The van der Waals surface area contributed by atoms with E-state index in [2.05, 4.69) is 47.8 Å². The van der Waals surface area contributed by atoms with Gasteiger partial charge in [-0.3, -0.25) is 0 Å². The lowest BCUT2D eigenvalue weighted by molar-refractivity contribution is -0.145. The van der Waals surface area contributed by atoms with Gasteiger partial charge in [0.2, 0.25) is 0 Å². The third-order valence-corrected chi connectivity index (χ3v) is 3.24. The molecule has 0 saturated carbocycles. The number of rotatable bonds is 4. The van der Waals surface area contributed by atoms with Crippen molar-refractivity contribution in [3.63, 3.8) is 0 Å². The predicted octanol–water partition coefficient (Wildman–Crippen LogP) is 3.92. The molecule has 0 heterocycles. The molecule has 88 valence electrons. The van der Waals surface area contributed by atoms with Gasteiger partial charge >= 0.3 is 5.97 Å². The van der Waals surface area contributed by atoms with Crippen LogP contribution in [-0.4, -0.2) is 19.2 Å². The standard InChI is InChI=1S/C10H9Br3O3/c1-2-15-9(14)5-16-10-7(12)3-6(11)4-8(10)13/h3-4H,2,5H2,1H3. The Kier molecular flexibility index (Phi) is 5.78. The van der Waals surface area contributed by atoms with Crippen LogP contribution in [0.15, 0.2) is 25.6 Å². The Bertz CT molecular complexity index is 370. The molecular weight excluding hydrogens is 408 g/mol. The average Bonchev–Trinajstić information content (AvgIpc) is 2.16. The van der Waals surface area contributed by atoms with Gasteiger partial charge in [0.1, 0.15) is 5.75 Å². The van der Waals surface area contributed by atoms with Crippen LogP contribution in [0.4, 0.5) is 0 Å². The zero-order valence-electron chi connectivity index (χ0n) is 8.43. The van der Waals surface area contributed by atoms with Gasteiger partial charge in [-0.25, -0.2) is 4.79 Å². The zero-order chi connectivity index (χ0) is 12.1. The van der Waals surface area contributed by atoms with Crippen LogP contribution in [0.25, 0.3) is 0 Å². The van der Waals surface area contributed by atoms with E-state index >= 15 is 0 Å². The summed E-state index contributed by atoms with van der Waals surface area (Å²) >= 11 is 10.0. The third-order valence-electron chi connectivity index (χ3n) is 1.60. The number of carbonyl (C=O) groups excluding carboxylic acids is 1. The topological polar surface area (TPSA) is 35.5 Å². The highest BCUT2D eigenvalue weighted by molar-refractivity contribution is 9.11. The monoisotopic (exact) mass is 414 g/mol. The van der Waals surface area contributed by atoms with Crippen molar-refractivity contribution < 1.29 is 14.3 Å². The molecule has 0 amide bonds. The smallest absolute Gasteiger partial charge is 0.344 e. The number of ether oxygens (including phenoxy) is 2. The molecule has 16 heavy (non-hydrogen) atoms. The van der Waals surface area contributed by atoms with Gasteiger partial charge in [0.25, 0.3) is 0 Å². The van der Waals surface area contributed by atoms with Gasteiger partial charge in [-0.2, -0.15) is 0 Å². The summed E-state index contributed by atoms with van der Waals surface area (Å²) < 4.78 is 12.5. The van der Waals surface area contributed by atoms with Crippen LogP contribution >= 0.6 is 47.8 Å². The van der Waals surface area contributed by atoms with Gasteiger partial charge in [-0.05, 0) is 50.9 Å². The number of esters is 1. The molecule has 0 bridgehead atoms. The highest BCUT2D eigenvalue weighted by Crippen LogP contribution is 2.36. The molecule has 0 fully saturated rings. The average molecular weight is 417 g/mol. The summed E-state index contributed by atoms with van der Waals surface area (Å²) in [4.78, 5) is 11.1. The van der Waals surface area contributed by atoms with Gasteiger partial charge in [0, 0.05) is 4.47 Å². The van der Waals surface area contributed by atoms with Gasteiger partial charge in [0.05, 0.1) is 15.6 Å². The molecule has 0 atom stereocenters. The maximum Gasteiger partial charge on any atom is 0.344 e. The molecule has 0 aliphatic carbocycles. The molecular formula is C10H9Br3O3. The molecule has 0 saturated heterocycles. The predicted molar refractivity (Wildman–Crippen MR) is 71.7 cm³/mol. The van der Waals surface area contributed by atoms with Crippen molar-refractivity contribution in [2.24, 2.45) is 0 Å². The van der Waals surface area contributed by atoms with Crippen LogP contribution in [0.1, 0.15) is 6.92 Å². The lowest BCUT2D eigenvalue weighted by atomic mass is 10.3. The van der Waals surface area contributed by atoms with Crippen molar-refractivity contribution in [1.29, 1.82) is 0 Å². The number of halogens is 3. The highest BCUT2D eigenvalue weighted by atomic mass is 79.9. The Hall–Kier alpha value is -0.0700. The fourth-order valence-corrected chi connectivity index (χ4v) is 3.49. The van der Waals surface area contributed by atoms with Crippen LogP contribution < -0.4 is 4.74 Å². The molecule has 0 N–H and O–H groups in total. The second-order valence-corrected chi connectivity index (χ2v) is 5.42. The van der Waals surface area contributed by atoms with Crippen molar-refractivity contribution in [2.75, 3.05) is 13.2 Å². The van der Waals surface area contributed by atoms with Gasteiger partial charge in [0.15, 0.2) is 6.61 Å². The van der Waals surface area contributed by atoms with Crippen LogP contribution in [0.3, 0.4) is 0 Å². The first kappa shape index (κ1) is 14.0. The van der Waals surface area contributed by atoms with E-state index < -0.39 is 0 Å². The number of hydrogen-bond donors (Lipinski definition) is 0. The maximum atomic E-state index is 11.1. The van der Waals surface area contributed by atoms with E-state index in [1.54, 1.807) is 6.92 Å². The third kappa shape index (κ3) is 4.07. The Morgan fingerprint density at radius 2 is 1.81 bits per heavy atom. The van der Waals surface area contributed by atoms with Gasteiger partial charge in [-0.1, -0.05) is 15.9 Å². The number of carbonyl (C=O) groups is 1.